The first kappa shape index (κ1) is 12.8. The molecule has 1 aromatic heterocycles. The third-order valence-electron chi connectivity index (χ3n) is 2.94. The number of anilines is 2. The van der Waals surface area contributed by atoms with Crippen molar-refractivity contribution in [2.75, 3.05) is 10.6 Å². The number of rotatable bonds is 4. The molecule has 0 aliphatic heterocycles. The van der Waals surface area contributed by atoms with Crippen molar-refractivity contribution >= 4 is 35.6 Å². The van der Waals surface area contributed by atoms with Gasteiger partial charge in [0.2, 0.25) is 24.0 Å². The standard InChI is InChI=1S/C10H13ClN4O3/c11-7-4-2-1-3-6(7)10(17)13-9-8(12-5-16)14-18-15-9/h5-7H,1-4H2,(H,12,14,16)(H,13,15,17). The predicted octanol–water partition coefficient (Wildman–Crippen LogP) is 1.37. The Morgan fingerprint density at radius 3 is 2.78 bits per heavy atom. The molecule has 2 amide bonds. The van der Waals surface area contributed by atoms with E-state index in [-0.39, 0.29) is 28.8 Å². The van der Waals surface area contributed by atoms with Gasteiger partial charge in [-0.05, 0) is 23.2 Å². The van der Waals surface area contributed by atoms with Crippen molar-refractivity contribution in [2.45, 2.75) is 31.1 Å². The number of nitrogens with zero attached hydrogens (tertiary/aromatic N) is 2. The van der Waals surface area contributed by atoms with E-state index in [4.69, 9.17) is 11.6 Å². The smallest absolute Gasteiger partial charge is 0.230 e. The number of alkyl halides is 1. The van der Waals surface area contributed by atoms with Crippen LogP contribution < -0.4 is 10.6 Å². The molecule has 1 aliphatic rings. The number of amides is 2. The van der Waals surface area contributed by atoms with Gasteiger partial charge in [0, 0.05) is 5.38 Å². The fraction of sp³-hybridized carbons (Fsp3) is 0.600. The molecule has 7 nitrogen and oxygen atoms in total. The lowest BCUT2D eigenvalue weighted by Gasteiger charge is -2.25. The van der Waals surface area contributed by atoms with Crippen molar-refractivity contribution < 1.29 is 14.2 Å². The van der Waals surface area contributed by atoms with E-state index in [1.165, 1.54) is 0 Å². The summed E-state index contributed by atoms with van der Waals surface area (Å²) in [5, 5.41) is 11.6. The molecule has 2 rings (SSSR count). The fourth-order valence-electron chi connectivity index (χ4n) is 2.01. The highest BCUT2D eigenvalue weighted by Crippen LogP contribution is 2.30. The molecule has 0 aromatic carbocycles. The summed E-state index contributed by atoms with van der Waals surface area (Å²) in [7, 11) is 0. The Balaban J connectivity index is 2.01. The van der Waals surface area contributed by atoms with Gasteiger partial charge in [-0.2, -0.15) is 0 Å². The van der Waals surface area contributed by atoms with E-state index < -0.39 is 0 Å². The Morgan fingerprint density at radius 2 is 2.06 bits per heavy atom. The van der Waals surface area contributed by atoms with Gasteiger partial charge < -0.3 is 10.6 Å². The summed E-state index contributed by atoms with van der Waals surface area (Å²) in [5.41, 5.74) is 0. The number of aromatic nitrogens is 2. The zero-order valence-corrected chi connectivity index (χ0v) is 10.3. The molecule has 0 bridgehead atoms. The molecule has 0 spiro atoms. The highest BCUT2D eigenvalue weighted by Gasteiger charge is 2.30. The minimum atomic E-state index is -0.249. The summed E-state index contributed by atoms with van der Waals surface area (Å²) < 4.78 is 4.44. The van der Waals surface area contributed by atoms with E-state index >= 15 is 0 Å². The third kappa shape index (κ3) is 2.79. The summed E-state index contributed by atoms with van der Waals surface area (Å²) in [6.07, 6.45) is 4.04. The number of nitrogens with one attached hydrogen (secondary N) is 2. The Hall–Kier alpha value is -1.63. The second-order valence-electron chi connectivity index (χ2n) is 4.12. The molecule has 1 heterocycles. The van der Waals surface area contributed by atoms with E-state index in [1.807, 2.05) is 0 Å². The van der Waals surface area contributed by atoms with Gasteiger partial charge >= 0.3 is 0 Å². The fourth-order valence-corrected chi connectivity index (χ4v) is 2.41. The Kier molecular flexibility index (Phi) is 4.14. The zero-order valence-electron chi connectivity index (χ0n) is 9.56. The number of carbonyl (C=O) groups is 2. The SMILES string of the molecule is O=CNc1nonc1NC(=O)C1CCCCC1Cl. The molecular formula is C10H13ClN4O3. The van der Waals surface area contributed by atoms with Gasteiger partial charge in [0.1, 0.15) is 0 Å². The van der Waals surface area contributed by atoms with Crippen molar-refractivity contribution in [1.82, 2.24) is 10.3 Å². The lowest BCUT2D eigenvalue weighted by atomic mass is 9.88. The number of hydrogen-bond donors (Lipinski definition) is 2. The van der Waals surface area contributed by atoms with Crippen molar-refractivity contribution in [3.8, 4) is 0 Å². The van der Waals surface area contributed by atoms with Gasteiger partial charge in [0.25, 0.3) is 0 Å². The molecule has 18 heavy (non-hydrogen) atoms. The van der Waals surface area contributed by atoms with Crippen molar-refractivity contribution in [1.29, 1.82) is 0 Å². The van der Waals surface area contributed by atoms with E-state index in [0.29, 0.717) is 6.41 Å². The second kappa shape index (κ2) is 5.81. The molecule has 98 valence electrons. The largest absolute Gasteiger partial charge is 0.307 e. The van der Waals surface area contributed by atoms with Crippen LogP contribution in [0.3, 0.4) is 0 Å². The first-order valence-electron chi connectivity index (χ1n) is 5.70. The molecule has 0 radical (unpaired) electrons. The van der Waals surface area contributed by atoms with Crippen LogP contribution in [0.1, 0.15) is 25.7 Å². The first-order chi connectivity index (χ1) is 8.72. The van der Waals surface area contributed by atoms with E-state index in [0.717, 1.165) is 25.7 Å². The summed E-state index contributed by atoms with van der Waals surface area (Å²) in [4.78, 5) is 22.3. The van der Waals surface area contributed by atoms with Gasteiger partial charge in [0.15, 0.2) is 0 Å². The highest BCUT2D eigenvalue weighted by molar-refractivity contribution is 6.22. The van der Waals surface area contributed by atoms with Crippen LogP contribution in [0.5, 0.6) is 0 Å². The van der Waals surface area contributed by atoms with Crippen LogP contribution >= 0.6 is 11.6 Å². The van der Waals surface area contributed by atoms with Gasteiger partial charge in [-0.25, -0.2) is 4.63 Å². The van der Waals surface area contributed by atoms with Crippen LogP contribution in [0.2, 0.25) is 0 Å². The van der Waals surface area contributed by atoms with Crippen molar-refractivity contribution in [2.24, 2.45) is 5.92 Å². The van der Waals surface area contributed by atoms with Crippen molar-refractivity contribution in [3.05, 3.63) is 0 Å². The molecule has 0 saturated heterocycles. The lowest BCUT2D eigenvalue weighted by molar-refractivity contribution is -0.120. The minimum absolute atomic E-state index is 0.0836. The van der Waals surface area contributed by atoms with Gasteiger partial charge in [-0.3, -0.25) is 9.59 Å². The molecule has 2 unspecified atom stereocenters. The summed E-state index contributed by atoms with van der Waals surface area (Å²) in [5.74, 6) is -0.289. The molecule has 1 saturated carbocycles. The average molecular weight is 273 g/mol. The number of halogens is 1. The molecule has 1 fully saturated rings. The van der Waals surface area contributed by atoms with Crippen LogP contribution in [0.25, 0.3) is 0 Å². The monoisotopic (exact) mass is 272 g/mol. The lowest BCUT2D eigenvalue weighted by Crippen LogP contribution is -2.32. The average Bonchev–Trinajstić information content (AvgIpc) is 2.78. The molecule has 2 N–H and O–H groups in total. The summed E-state index contributed by atoms with van der Waals surface area (Å²) >= 11 is 6.13. The van der Waals surface area contributed by atoms with Crippen LogP contribution in [-0.4, -0.2) is 28.0 Å². The molecular weight excluding hydrogens is 260 g/mol. The van der Waals surface area contributed by atoms with Crippen LogP contribution in [-0.2, 0) is 9.59 Å². The topological polar surface area (TPSA) is 97.1 Å². The molecule has 1 aromatic rings. The Labute approximate surface area is 108 Å². The normalized spacial score (nSPS) is 23.4. The molecule has 1 aliphatic carbocycles. The quantitative estimate of drug-likeness (QED) is 0.637. The Bertz CT molecular complexity index is 437. The molecule has 8 heteroatoms. The summed E-state index contributed by atoms with van der Waals surface area (Å²) in [6, 6.07) is 0. The van der Waals surface area contributed by atoms with Gasteiger partial charge in [0.05, 0.1) is 5.92 Å². The second-order valence-corrected chi connectivity index (χ2v) is 4.68. The maximum Gasteiger partial charge on any atom is 0.230 e. The number of carbonyl (C=O) groups excluding carboxylic acids is 2. The van der Waals surface area contributed by atoms with E-state index in [2.05, 4.69) is 25.6 Å². The zero-order chi connectivity index (χ0) is 13.0. The highest BCUT2D eigenvalue weighted by atomic mass is 35.5. The maximum atomic E-state index is 12.0. The van der Waals surface area contributed by atoms with Crippen LogP contribution in [0.15, 0.2) is 4.63 Å². The third-order valence-corrected chi connectivity index (χ3v) is 3.47. The van der Waals surface area contributed by atoms with E-state index in [1.54, 1.807) is 0 Å². The summed E-state index contributed by atoms with van der Waals surface area (Å²) in [6.45, 7) is 0. The van der Waals surface area contributed by atoms with Crippen LogP contribution in [0.4, 0.5) is 11.6 Å². The first-order valence-corrected chi connectivity index (χ1v) is 6.13. The van der Waals surface area contributed by atoms with Crippen molar-refractivity contribution in [3.63, 3.8) is 0 Å². The van der Waals surface area contributed by atoms with Gasteiger partial charge in [-0.1, -0.05) is 12.8 Å². The maximum absolute atomic E-state index is 12.0. The van der Waals surface area contributed by atoms with Crippen LogP contribution in [0, 0.1) is 5.92 Å². The Morgan fingerprint density at radius 1 is 1.33 bits per heavy atom. The van der Waals surface area contributed by atoms with E-state index in [9.17, 15) is 9.59 Å². The minimum Gasteiger partial charge on any atom is -0.307 e. The molecule has 2 atom stereocenters. The number of hydrogen-bond acceptors (Lipinski definition) is 5. The van der Waals surface area contributed by atoms with Gasteiger partial charge in [-0.15, -0.1) is 11.6 Å². The predicted molar refractivity (Wildman–Crippen MR) is 64.2 cm³/mol.